The van der Waals surface area contributed by atoms with E-state index in [4.69, 9.17) is 0 Å². The minimum Gasteiger partial charge on any atom is -0.435 e. The lowest BCUT2D eigenvalue weighted by molar-refractivity contribution is -0.0498. The van der Waals surface area contributed by atoms with Crippen LogP contribution in [0.4, 0.5) is 14.5 Å². The van der Waals surface area contributed by atoms with Crippen molar-refractivity contribution in [1.82, 2.24) is 0 Å². The molecule has 0 aliphatic rings. The van der Waals surface area contributed by atoms with Gasteiger partial charge in [0.05, 0.1) is 0 Å². The zero-order valence-corrected chi connectivity index (χ0v) is 12.2. The Morgan fingerprint density at radius 2 is 1.86 bits per heavy atom. The first-order chi connectivity index (χ1) is 9.86. The predicted molar refractivity (Wildman–Crippen MR) is 75.8 cm³/mol. The van der Waals surface area contributed by atoms with Crippen LogP contribution in [0.5, 0.6) is 5.75 Å². The van der Waals surface area contributed by atoms with Crippen LogP contribution in [0.25, 0.3) is 0 Å². The molecule has 1 aromatic heterocycles. The van der Waals surface area contributed by atoms with Gasteiger partial charge in [-0.05, 0) is 35.7 Å². The third-order valence-corrected chi connectivity index (χ3v) is 4.72. The molecule has 1 aromatic carbocycles. The van der Waals surface area contributed by atoms with Crippen molar-refractivity contribution in [2.24, 2.45) is 0 Å². The van der Waals surface area contributed by atoms with Gasteiger partial charge in [0.25, 0.3) is 0 Å². The molecule has 0 saturated heterocycles. The predicted octanol–water partition coefficient (Wildman–Crippen LogP) is 3.64. The molecule has 2 rings (SSSR count). The Morgan fingerprint density at radius 3 is 2.33 bits per heavy atom. The van der Waals surface area contributed by atoms with Gasteiger partial charge in [0, 0.05) is 10.6 Å². The van der Waals surface area contributed by atoms with Gasteiger partial charge in [-0.3, -0.25) is 4.57 Å². The summed E-state index contributed by atoms with van der Waals surface area (Å²) in [4.78, 5) is 19.3. The summed E-state index contributed by atoms with van der Waals surface area (Å²) >= 11 is 1.21. The third kappa shape index (κ3) is 4.50. The molecule has 21 heavy (non-hydrogen) atoms. The number of anilines is 1. The van der Waals surface area contributed by atoms with Gasteiger partial charge in [0.15, 0.2) is 5.78 Å². The molecule has 0 radical (unpaired) electrons. The van der Waals surface area contributed by atoms with Crippen LogP contribution in [0.3, 0.4) is 0 Å². The summed E-state index contributed by atoms with van der Waals surface area (Å²) in [5.41, 5.74) is 0.387. The first-order valence-electron chi connectivity index (χ1n) is 5.76. The smallest absolute Gasteiger partial charge is 0.387 e. The number of hydrogen-bond donors (Lipinski definition) is 3. The zero-order valence-electron chi connectivity index (χ0n) is 10.5. The molecule has 2 aromatic rings. The van der Waals surface area contributed by atoms with Crippen molar-refractivity contribution in [3.8, 4) is 5.75 Å². The van der Waals surface area contributed by atoms with Crippen LogP contribution in [-0.2, 0) is 4.57 Å². The highest BCUT2D eigenvalue weighted by molar-refractivity contribution is 7.52. The first-order valence-corrected chi connectivity index (χ1v) is 8.32. The van der Waals surface area contributed by atoms with Crippen LogP contribution in [0, 0.1) is 0 Å². The molecule has 0 spiro atoms. The first kappa shape index (κ1) is 15.9. The monoisotopic (exact) mass is 335 g/mol. The van der Waals surface area contributed by atoms with Gasteiger partial charge < -0.3 is 19.8 Å². The summed E-state index contributed by atoms with van der Waals surface area (Å²) < 4.78 is 39.8. The lowest BCUT2D eigenvalue weighted by Gasteiger charge is -2.20. The maximum Gasteiger partial charge on any atom is 0.387 e. The number of halogens is 2. The fourth-order valence-electron chi connectivity index (χ4n) is 1.66. The average molecular weight is 335 g/mol. The van der Waals surface area contributed by atoms with Gasteiger partial charge in [-0.2, -0.15) is 8.78 Å². The highest BCUT2D eigenvalue weighted by Crippen LogP contribution is 2.52. The van der Waals surface area contributed by atoms with E-state index in [-0.39, 0.29) is 5.75 Å². The van der Waals surface area contributed by atoms with Crippen molar-refractivity contribution >= 4 is 24.6 Å². The number of rotatable bonds is 6. The SMILES string of the molecule is O=P(O)(O)C(Nc1ccc(OC(F)F)cc1)c1cccs1. The Kier molecular flexibility index (Phi) is 4.95. The second-order valence-corrected chi connectivity index (χ2v) is 6.73. The summed E-state index contributed by atoms with van der Waals surface area (Å²) in [5.74, 6) is -1.21. The Morgan fingerprint density at radius 1 is 1.19 bits per heavy atom. The number of ether oxygens (including phenoxy) is 1. The average Bonchev–Trinajstić information content (AvgIpc) is 2.89. The van der Waals surface area contributed by atoms with E-state index in [1.807, 2.05) is 0 Å². The minimum atomic E-state index is -4.42. The zero-order chi connectivity index (χ0) is 15.5. The maximum atomic E-state index is 12.0. The van der Waals surface area contributed by atoms with Gasteiger partial charge in [-0.1, -0.05) is 6.07 Å². The Hall–Kier alpha value is -1.47. The van der Waals surface area contributed by atoms with Gasteiger partial charge in [0.1, 0.15) is 5.75 Å². The van der Waals surface area contributed by atoms with Gasteiger partial charge in [-0.15, -0.1) is 11.3 Å². The minimum absolute atomic E-state index is 0.0283. The van der Waals surface area contributed by atoms with Crippen LogP contribution in [0.15, 0.2) is 41.8 Å². The number of benzene rings is 1. The normalized spacial score (nSPS) is 13.2. The summed E-state index contributed by atoms with van der Waals surface area (Å²) in [7, 11) is -4.42. The molecule has 0 aliphatic heterocycles. The van der Waals surface area contributed by atoms with E-state index < -0.39 is 20.0 Å². The van der Waals surface area contributed by atoms with E-state index in [0.29, 0.717) is 10.6 Å². The van der Waals surface area contributed by atoms with E-state index in [2.05, 4.69) is 10.1 Å². The topological polar surface area (TPSA) is 78.8 Å². The molecule has 0 fully saturated rings. The number of alkyl halides is 2. The molecule has 0 aliphatic carbocycles. The van der Waals surface area contributed by atoms with Crippen molar-refractivity contribution in [1.29, 1.82) is 0 Å². The molecular formula is C12H12F2NO4PS. The molecule has 1 unspecified atom stereocenters. The maximum absolute atomic E-state index is 12.0. The van der Waals surface area contributed by atoms with Crippen molar-refractivity contribution in [2.75, 3.05) is 5.32 Å². The Balaban J connectivity index is 2.16. The molecule has 0 amide bonds. The van der Waals surface area contributed by atoms with Gasteiger partial charge in [0.2, 0.25) is 0 Å². The quantitative estimate of drug-likeness (QED) is 0.703. The molecular weight excluding hydrogens is 323 g/mol. The largest absolute Gasteiger partial charge is 0.435 e. The van der Waals surface area contributed by atoms with E-state index in [1.54, 1.807) is 17.5 Å². The molecule has 0 saturated carbocycles. The van der Waals surface area contributed by atoms with Crippen molar-refractivity contribution < 1.29 is 27.9 Å². The molecule has 114 valence electrons. The number of hydrogen-bond acceptors (Lipinski definition) is 4. The van der Waals surface area contributed by atoms with E-state index in [9.17, 15) is 23.1 Å². The highest BCUT2D eigenvalue weighted by atomic mass is 32.1. The molecule has 5 nitrogen and oxygen atoms in total. The molecule has 3 N–H and O–H groups in total. The number of nitrogens with one attached hydrogen (secondary N) is 1. The fourth-order valence-corrected chi connectivity index (χ4v) is 3.65. The summed E-state index contributed by atoms with van der Waals surface area (Å²) in [6.07, 6.45) is 0. The molecule has 1 heterocycles. The third-order valence-electron chi connectivity index (χ3n) is 2.53. The van der Waals surface area contributed by atoms with Crippen LogP contribution in [0.2, 0.25) is 0 Å². The van der Waals surface area contributed by atoms with Crippen molar-refractivity contribution in [3.63, 3.8) is 0 Å². The molecule has 9 heteroatoms. The van der Waals surface area contributed by atoms with Gasteiger partial charge >= 0.3 is 14.2 Å². The molecule has 0 bridgehead atoms. The van der Waals surface area contributed by atoms with Crippen molar-refractivity contribution in [2.45, 2.75) is 12.4 Å². The van der Waals surface area contributed by atoms with E-state index in [1.165, 1.54) is 35.6 Å². The summed E-state index contributed by atoms with van der Waals surface area (Å²) in [6, 6.07) is 8.70. The lowest BCUT2D eigenvalue weighted by atomic mass is 10.3. The van der Waals surface area contributed by atoms with E-state index >= 15 is 0 Å². The Labute approximate surface area is 123 Å². The Bertz CT molecular complexity index is 615. The second-order valence-electron chi connectivity index (χ2n) is 4.05. The lowest BCUT2D eigenvalue weighted by Crippen LogP contribution is -2.10. The molecule has 1 atom stereocenters. The highest BCUT2D eigenvalue weighted by Gasteiger charge is 2.31. The van der Waals surface area contributed by atoms with Gasteiger partial charge in [-0.25, -0.2) is 0 Å². The van der Waals surface area contributed by atoms with Crippen LogP contribution in [0.1, 0.15) is 10.7 Å². The van der Waals surface area contributed by atoms with Crippen LogP contribution in [-0.4, -0.2) is 16.4 Å². The van der Waals surface area contributed by atoms with Crippen LogP contribution >= 0.6 is 18.9 Å². The van der Waals surface area contributed by atoms with Crippen molar-refractivity contribution in [3.05, 3.63) is 46.7 Å². The van der Waals surface area contributed by atoms with E-state index in [0.717, 1.165) is 0 Å². The summed E-state index contributed by atoms with van der Waals surface area (Å²) in [6.45, 7) is -2.92. The summed E-state index contributed by atoms with van der Waals surface area (Å²) in [5, 5.41) is 4.41. The standard InChI is InChI=1S/C12H12F2NO4PS/c13-12(14)19-9-5-3-8(4-6-9)15-11(20(16,17)18)10-2-1-7-21-10/h1-7,11-12,15H,(H2,16,17,18). The fraction of sp³-hybridized carbons (Fsp3) is 0.167. The van der Waals surface area contributed by atoms with Crippen LogP contribution < -0.4 is 10.1 Å². The number of thiophene rings is 1. The second kappa shape index (κ2) is 6.53.